The lowest BCUT2D eigenvalue weighted by Gasteiger charge is -2.21. The quantitative estimate of drug-likeness (QED) is 0.557. The number of carbonyl (C=O) groups excluding carboxylic acids is 2. The molecule has 0 radical (unpaired) electrons. The highest BCUT2D eigenvalue weighted by Crippen LogP contribution is 2.20. The van der Waals surface area contributed by atoms with Crippen molar-refractivity contribution >= 4 is 33.2 Å². The zero-order chi connectivity index (χ0) is 19.2. The zero-order valence-electron chi connectivity index (χ0n) is 15.1. The van der Waals surface area contributed by atoms with E-state index in [1.54, 1.807) is 11.4 Å². The number of amides is 1. The smallest absolute Gasteiger partial charge is 0.322 e. The molecule has 26 heavy (non-hydrogen) atoms. The zero-order valence-corrected chi connectivity index (χ0v) is 16.8. The Hall–Kier alpha value is -1.45. The second kappa shape index (κ2) is 9.48. The van der Waals surface area contributed by atoms with E-state index in [4.69, 9.17) is 4.74 Å². The summed E-state index contributed by atoms with van der Waals surface area (Å²) in [7, 11) is -2.41. The van der Waals surface area contributed by atoms with Crippen LogP contribution in [0.1, 0.15) is 45.4 Å². The number of thiophene rings is 1. The predicted molar refractivity (Wildman–Crippen MR) is 99.3 cm³/mol. The van der Waals surface area contributed by atoms with Crippen LogP contribution in [0.4, 0.5) is 0 Å². The van der Waals surface area contributed by atoms with Crippen LogP contribution in [0.3, 0.4) is 0 Å². The lowest BCUT2D eigenvalue weighted by Crippen LogP contribution is -2.43. The Morgan fingerprint density at radius 3 is 2.54 bits per heavy atom. The predicted octanol–water partition coefficient (Wildman–Crippen LogP) is 2.14. The van der Waals surface area contributed by atoms with E-state index in [0.29, 0.717) is 0 Å². The number of sulfonamides is 1. The molecule has 1 saturated carbocycles. The van der Waals surface area contributed by atoms with Crippen molar-refractivity contribution in [1.29, 1.82) is 0 Å². The Balaban J connectivity index is 1.83. The summed E-state index contributed by atoms with van der Waals surface area (Å²) in [5, 5.41) is 4.58. The standard InChI is InChI=1S/C17H26N2O5S2/c1-13(17(21)18-14-8-5-3-4-6-9-14)24-15(20)12-19(2)26(22,23)16-10-7-11-25-16/h7,10-11,13-14H,3-6,8-9,12H2,1-2H3,(H,18,21)/t13-/m1/s1. The largest absolute Gasteiger partial charge is 0.452 e. The molecule has 1 aliphatic carbocycles. The van der Waals surface area contributed by atoms with Crippen LogP contribution in [-0.2, 0) is 24.3 Å². The van der Waals surface area contributed by atoms with Crippen molar-refractivity contribution in [3.63, 3.8) is 0 Å². The first kappa shape index (κ1) is 20.9. The summed E-state index contributed by atoms with van der Waals surface area (Å²) >= 11 is 1.08. The average Bonchev–Trinajstić information content (AvgIpc) is 3.01. The number of hydrogen-bond acceptors (Lipinski definition) is 6. The summed E-state index contributed by atoms with van der Waals surface area (Å²) in [6.45, 7) is 1.05. The molecule has 1 N–H and O–H groups in total. The van der Waals surface area contributed by atoms with E-state index in [9.17, 15) is 18.0 Å². The van der Waals surface area contributed by atoms with Crippen LogP contribution in [0.25, 0.3) is 0 Å². The maximum Gasteiger partial charge on any atom is 0.322 e. The highest BCUT2D eigenvalue weighted by molar-refractivity contribution is 7.91. The minimum atomic E-state index is -3.72. The van der Waals surface area contributed by atoms with Gasteiger partial charge in [0, 0.05) is 13.1 Å². The van der Waals surface area contributed by atoms with Gasteiger partial charge in [0.2, 0.25) is 0 Å². The van der Waals surface area contributed by atoms with Crippen LogP contribution in [0.5, 0.6) is 0 Å². The van der Waals surface area contributed by atoms with Gasteiger partial charge in [0.15, 0.2) is 6.10 Å². The van der Waals surface area contributed by atoms with E-state index in [-0.39, 0.29) is 16.2 Å². The normalized spacial score (nSPS) is 17.5. The highest BCUT2D eigenvalue weighted by atomic mass is 32.2. The summed E-state index contributed by atoms with van der Waals surface area (Å²) in [4.78, 5) is 24.2. The number of hydrogen-bond donors (Lipinski definition) is 1. The summed E-state index contributed by atoms with van der Waals surface area (Å²) in [6, 6.07) is 3.22. The van der Waals surface area contributed by atoms with Crippen LogP contribution in [0.15, 0.2) is 21.7 Å². The van der Waals surface area contributed by atoms with Crippen LogP contribution >= 0.6 is 11.3 Å². The van der Waals surface area contributed by atoms with Crippen molar-refractivity contribution in [2.75, 3.05) is 13.6 Å². The van der Waals surface area contributed by atoms with Crippen molar-refractivity contribution in [3.8, 4) is 0 Å². The first-order valence-electron chi connectivity index (χ1n) is 8.80. The van der Waals surface area contributed by atoms with Gasteiger partial charge in [-0.1, -0.05) is 31.7 Å². The minimum absolute atomic E-state index is 0.119. The van der Waals surface area contributed by atoms with E-state index < -0.39 is 28.6 Å². The Labute approximate surface area is 158 Å². The second-order valence-corrected chi connectivity index (χ2v) is 9.74. The molecule has 1 heterocycles. The molecule has 0 saturated heterocycles. The maximum atomic E-state index is 12.3. The molecule has 146 valence electrons. The summed E-state index contributed by atoms with van der Waals surface area (Å²) in [6.07, 6.45) is 5.46. The lowest BCUT2D eigenvalue weighted by molar-refractivity contribution is -0.155. The topological polar surface area (TPSA) is 92.8 Å². The third-order valence-corrected chi connectivity index (χ3v) is 7.57. The first-order chi connectivity index (χ1) is 12.3. The van der Waals surface area contributed by atoms with Crippen molar-refractivity contribution in [1.82, 2.24) is 9.62 Å². The van der Waals surface area contributed by atoms with Gasteiger partial charge in [-0.2, -0.15) is 4.31 Å². The van der Waals surface area contributed by atoms with Crippen LogP contribution < -0.4 is 5.32 Å². The Bertz CT molecular complexity index is 695. The maximum absolute atomic E-state index is 12.3. The van der Waals surface area contributed by atoms with Crippen molar-refractivity contribution in [2.24, 2.45) is 0 Å². The minimum Gasteiger partial charge on any atom is -0.452 e. The molecule has 0 spiro atoms. The summed E-state index contributed by atoms with van der Waals surface area (Å²) in [5.74, 6) is -1.09. The van der Waals surface area contributed by atoms with E-state index in [0.717, 1.165) is 41.3 Å². The molecule has 0 bridgehead atoms. The number of ether oxygens (including phenoxy) is 1. The van der Waals surface area contributed by atoms with Crippen molar-refractivity contribution in [3.05, 3.63) is 17.5 Å². The second-order valence-electron chi connectivity index (χ2n) is 6.52. The van der Waals surface area contributed by atoms with Gasteiger partial charge in [-0.15, -0.1) is 11.3 Å². The molecule has 1 aromatic heterocycles. The average molecular weight is 403 g/mol. The third kappa shape index (κ3) is 5.78. The molecule has 1 fully saturated rings. The van der Waals surface area contributed by atoms with Crippen LogP contribution in [-0.4, -0.2) is 50.3 Å². The third-order valence-electron chi connectivity index (χ3n) is 4.39. The molecule has 1 aromatic rings. The SMILES string of the molecule is C[C@@H](OC(=O)CN(C)S(=O)(=O)c1cccs1)C(=O)NC1CCCCCC1. The molecule has 0 aliphatic heterocycles. The number of likely N-dealkylation sites (N-methyl/N-ethyl adjacent to an activating group) is 1. The first-order valence-corrected chi connectivity index (χ1v) is 11.1. The van der Waals surface area contributed by atoms with Gasteiger partial charge in [-0.3, -0.25) is 9.59 Å². The fourth-order valence-electron chi connectivity index (χ4n) is 2.86. The Morgan fingerprint density at radius 2 is 1.96 bits per heavy atom. The number of rotatable bonds is 7. The molecular formula is C17H26N2O5S2. The molecule has 7 nitrogen and oxygen atoms in total. The molecule has 1 aliphatic rings. The highest BCUT2D eigenvalue weighted by Gasteiger charge is 2.27. The van der Waals surface area contributed by atoms with Crippen molar-refractivity contribution < 1.29 is 22.7 Å². The molecule has 9 heteroatoms. The number of esters is 1. The van der Waals surface area contributed by atoms with Crippen LogP contribution in [0.2, 0.25) is 0 Å². The van der Waals surface area contributed by atoms with Gasteiger partial charge in [-0.05, 0) is 31.2 Å². The van der Waals surface area contributed by atoms with Gasteiger partial charge >= 0.3 is 5.97 Å². The van der Waals surface area contributed by atoms with Gasteiger partial charge < -0.3 is 10.1 Å². The fourth-order valence-corrected chi connectivity index (χ4v) is 5.18. The van der Waals surface area contributed by atoms with Crippen LogP contribution in [0, 0.1) is 0 Å². The number of nitrogens with zero attached hydrogens (tertiary/aromatic N) is 1. The fraction of sp³-hybridized carbons (Fsp3) is 0.647. The number of carbonyl (C=O) groups is 2. The van der Waals surface area contributed by atoms with E-state index in [1.807, 2.05) is 0 Å². The van der Waals surface area contributed by atoms with Gasteiger partial charge in [-0.25, -0.2) is 8.42 Å². The van der Waals surface area contributed by atoms with Crippen molar-refractivity contribution in [2.45, 2.75) is 61.8 Å². The van der Waals surface area contributed by atoms with E-state index in [2.05, 4.69) is 5.32 Å². The van der Waals surface area contributed by atoms with E-state index >= 15 is 0 Å². The lowest BCUT2D eigenvalue weighted by atomic mass is 10.1. The van der Waals surface area contributed by atoms with Gasteiger partial charge in [0.05, 0.1) is 0 Å². The summed E-state index contributed by atoms with van der Waals surface area (Å²) < 4.78 is 30.8. The Morgan fingerprint density at radius 1 is 1.31 bits per heavy atom. The summed E-state index contributed by atoms with van der Waals surface area (Å²) in [5.41, 5.74) is 0. The molecular weight excluding hydrogens is 376 g/mol. The molecule has 0 aromatic carbocycles. The monoisotopic (exact) mass is 402 g/mol. The molecule has 0 unspecified atom stereocenters. The molecule has 1 amide bonds. The Kier molecular flexibility index (Phi) is 7.60. The molecule has 1 atom stereocenters. The molecule has 2 rings (SSSR count). The van der Waals surface area contributed by atoms with Gasteiger partial charge in [0.1, 0.15) is 10.8 Å². The van der Waals surface area contributed by atoms with Gasteiger partial charge in [0.25, 0.3) is 15.9 Å². The van der Waals surface area contributed by atoms with E-state index in [1.165, 1.54) is 32.9 Å². The number of nitrogens with one attached hydrogen (secondary N) is 1.